The SMILES string of the molecule is Cc1ccc(NC(S)NCc2scc3c2CN(C2CCC(=O)NC2=O)C3=O)cc1Cl. The van der Waals surface area contributed by atoms with Crippen LogP contribution in [0.2, 0.25) is 5.02 Å². The summed E-state index contributed by atoms with van der Waals surface area (Å²) in [7, 11) is 0. The van der Waals surface area contributed by atoms with Crippen LogP contribution in [0.15, 0.2) is 23.6 Å². The van der Waals surface area contributed by atoms with E-state index in [1.54, 1.807) is 4.90 Å². The van der Waals surface area contributed by atoms with Crippen molar-refractivity contribution in [1.82, 2.24) is 15.5 Å². The maximum atomic E-state index is 12.8. The summed E-state index contributed by atoms with van der Waals surface area (Å²) in [6, 6.07) is 5.12. The van der Waals surface area contributed by atoms with Crippen molar-refractivity contribution in [3.8, 4) is 0 Å². The number of nitrogens with zero attached hydrogens (tertiary/aromatic N) is 1. The van der Waals surface area contributed by atoms with Gasteiger partial charge in [-0.3, -0.25) is 25.0 Å². The Bertz CT molecular complexity index is 1030. The van der Waals surface area contributed by atoms with E-state index in [9.17, 15) is 14.4 Å². The number of carbonyl (C=O) groups excluding carboxylic acids is 3. The van der Waals surface area contributed by atoms with E-state index >= 15 is 0 Å². The van der Waals surface area contributed by atoms with Gasteiger partial charge >= 0.3 is 0 Å². The van der Waals surface area contributed by atoms with Gasteiger partial charge in [0, 0.05) is 40.5 Å². The molecule has 0 saturated carbocycles. The van der Waals surface area contributed by atoms with Crippen LogP contribution in [-0.2, 0) is 22.7 Å². The van der Waals surface area contributed by atoms with E-state index in [0.717, 1.165) is 21.7 Å². The second-order valence-electron chi connectivity index (χ2n) is 7.34. The largest absolute Gasteiger partial charge is 0.361 e. The Kier molecular flexibility index (Phi) is 6.06. The van der Waals surface area contributed by atoms with Crippen molar-refractivity contribution in [3.05, 3.63) is 50.2 Å². The van der Waals surface area contributed by atoms with E-state index in [0.29, 0.717) is 30.1 Å². The number of rotatable bonds is 6. The van der Waals surface area contributed by atoms with Gasteiger partial charge < -0.3 is 10.2 Å². The summed E-state index contributed by atoms with van der Waals surface area (Å²) < 4.78 is 0. The lowest BCUT2D eigenvalue weighted by Crippen LogP contribution is -2.52. The van der Waals surface area contributed by atoms with E-state index in [4.69, 9.17) is 11.6 Å². The zero-order chi connectivity index (χ0) is 21.4. The molecular weight excluding hydrogens is 444 g/mol. The molecule has 2 aliphatic heterocycles. The number of hydrogen-bond donors (Lipinski definition) is 4. The molecule has 1 aromatic heterocycles. The average Bonchev–Trinajstić information content (AvgIpc) is 3.23. The average molecular weight is 465 g/mol. The van der Waals surface area contributed by atoms with Crippen LogP contribution in [0, 0.1) is 6.92 Å². The summed E-state index contributed by atoms with van der Waals surface area (Å²) in [5, 5.41) is 11.4. The minimum atomic E-state index is -0.598. The highest BCUT2D eigenvalue weighted by molar-refractivity contribution is 7.81. The summed E-state index contributed by atoms with van der Waals surface area (Å²) in [4.78, 5) is 38.9. The van der Waals surface area contributed by atoms with E-state index in [1.807, 2.05) is 30.5 Å². The highest BCUT2D eigenvalue weighted by Crippen LogP contribution is 2.33. The van der Waals surface area contributed by atoms with Crippen molar-refractivity contribution in [1.29, 1.82) is 0 Å². The van der Waals surface area contributed by atoms with Crippen LogP contribution >= 0.6 is 35.6 Å². The number of halogens is 1. The number of piperidine rings is 1. The molecule has 1 saturated heterocycles. The van der Waals surface area contributed by atoms with Gasteiger partial charge in [0.15, 0.2) is 0 Å². The van der Waals surface area contributed by atoms with Gasteiger partial charge in [0.05, 0.1) is 5.56 Å². The summed E-state index contributed by atoms with van der Waals surface area (Å²) in [6.45, 7) is 2.84. The Hall–Kier alpha value is -2.07. The third-order valence-electron chi connectivity index (χ3n) is 5.32. The number of imide groups is 1. The third kappa shape index (κ3) is 4.20. The number of hydrogen-bond acceptors (Lipinski definition) is 7. The highest BCUT2D eigenvalue weighted by atomic mass is 35.5. The Labute approximate surface area is 188 Å². The number of aryl methyl sites for hydroxylation is 1. The van der Waals surface area contributed by atoms with E-state index < -0.39 is 11.9 Å². The molecule has 2 aromatic rings. The van der Waals surface area contributed by atoms with Gasteiger partial charge in [-0.15, -0.1) is 24.0 Å². The molecule has 0 bridgehead atoms. The van der Waals surface area contributed by atoms with Crippen LogP contribution < -0.4 is 16.0 Å². The van der Waals surface area contributed by atoms with Crippen LogP contribution in [0.25, 0.3) is 0 Å². The van der Waals surface area contributed by atoms with E-state index in [-0.39, 0.29) is 23.7 Å². The van der Waals surface area contributed by atoms with Gasteiger partial charge in [0.25, 0.3) is 5.91 Å². The molecule has 0 spiro atoms. The van der Waals surface area contributed by atoms with Crippen molar-refractivity contribution in [2.75, 3.05) is 5.32 Å². The fourth-order valence-corrected chi connectivity index (χ4v) is 5.04. The molecule has 30 heavy (non-hydrogen) atoms. The normalized spacial score (nSPS) is 19.6. The molecule has 3 heterocycles. The van der Waals surface area contributed by atoms with Gasteiger partial charge in [0.2, 0.25) is 11.8 Å². The van der Waals surface area contributed by atoms with Gasteiger partial charge in [-0.2, -0.15) is 0 Å². The first kappa shape index (κ1) is 21.2. The first-order chi connectivity index (χ1) is 14.3. The zero-order valence-electron chi connectivity index (χ0n) is 16.2. The Morgan fingerprint density at radius 1 is 1.37 bits per heavy atom. The minimum Gasteiger partial charge on any atom is -0.361 e. The Balaban J connectivity index is 1.38. The molecule has 1 fully saturated rings. The molecule has 2 unspecified atom stereocenters. The summed E-state index contributed by atoms with van der Waals surface area (Å²) in [5.74, 6) is -0.842. The smallest absolute Gasteiger partial charge is 0.256 e. The first-order valence-electron chi connectivity index (χ1n) is 9.51. The molecule has 158 valence electrons. The van der Waals surface area contributed by atoms with Crippen LogP contribution in [0.4, 0.5) is 5.69 Å². The predicted octanol–water partition coefficient (Wildman–Crippen LogP) is 2.89. The fraction of sp³-hybridized carbons (Fsp3) is 0.350. The first-order valence-corrected chi connectivity index (χ1v) is 11.3. The lowest BCUT2D eigenvalue weighted by Gasteiger charge is -2.29. The summed E-state index contributed by atoms with van der Waals surface area (Å²) >= 11 is 12.2. The minimum absolute atomic E-state index is 0.156. The fourth-order valence-electron chi connectivity index (χ4n) is 3.63. The van der Waals surface area contributed by atoms with Crippen molar-refractivity contribution < 1.29 is 14.4 Å². The van der Waals surface area contributed by atoms with Gasteiger partial charge in [-0.1, -0.05) is 17.7 Å². The lowest BCUT2D eigenvalue weighted by molar-refractivity contribution is -0.136. The summed E-state index contributed by atoms with van der Waals surface area (Å²) in [6.07, 6.45) is 0.608. The molecule has 1 aromatic carbocycles. The van der Waals surface area contributed by atoms with Crippen LogP contribution in [-0.4, -0.2) is 34.2 Å². The van der Waals surface area contributed by atoms with Crippen LogP contribution in [0.1, 0.15) is 39.2 Å². The number of thiol groups is 1. The number of fused-ring (bicyclic) bond motifs is 1. The predicted molar refractivity (Wildman–Crippen MR) is 120 cm³/mol. The topological polar surface area (TPSA) is 90.5 Å². The molecule has 3 amide bonds. The molecule has 2 atom stereocenters. The lowest BCUT2D eigenvalue weighted by atomic mass is 10.0. The number of benzene rings is 1. The van der Waals surface area contributed by atoms with Crippen LogP contribution in [0.5, 0.6) is 0 Å². The molecule has 0 aliphatic carbocycles. The van der Waals surface area contributed by atoms with Crippen molar-refractivity contribution in [3.63, 3.8) is 0 Å². The molecule has 7 nitrogen and oxygen atoms in total. The monoisotopic (exact) mass is 464 g/mol. The van der Waals surface area contributed by atoms with Crippen molar-refractivity contribution in [2.24, 2.45) is 0 Å². The molecule has 10 heteroatoms. The molecular formula is C20H21ClN4O3S2. The zero-order valence-corrected chi connectivity index (χ0v) is 18.7. The van der Waals surface area contributed by atoms with E-state index in [1.165, 1.54) is 11.3 Å². The Morgan fingerprint density at radius 2 is 2.17 bits per heavy atom. The molecule has 0 radical (unpaired) electrons. The highest BCUT2D eigenvalue weighted by Gasteiger charge is 2.40. The second-order valence-corrected chi connectivity index (χ2v) is 9.23. The summed E-state index contributed by atoms with van der Waals surface area (Å²) in [5.41, 5.74) is 3.11. The number of amides is 3. The Morgan fingerprint density at radius 3 is 2.90 bits per heavy atom. The molecule has 3 N–H and O–H groups in total. The number of thiophene rings is 1. The quantitative estimate of drug-likeness (QED) is 0.300. The van der Waals surface area contributed by atoms with Crippen molar-refractivity contribution in [2.45, 2.75) is 44.4 Å². The van der Waals surface area contributed by atoms with E-state index in [2.05, 4.69) is 28.6 Å². The third-order valence-corrected chi connectivity index (χ3v) is 7.07. The number of anilines is 1. The molecule has 4 rings (SSSR count). The van der Waals surface area contributed by atoms with Crippen molar-refractivity contribution >= 4 is 59.0 Å². The second kappa shape index (κ2) is 8.58. The van der Waals surface area contributed by atoms with Gasteiger partial charge in [-0.05, 0) is 36.6 Å². The number of nitrogens with one attached hydrogen (secondary N) is 3. The maximum absolute atomic E-state index is 12.8. The maximum Gasteiger partial charge on any atom is 0.256 e. The number of carbonyl (C=O) groups is 3. The standard InChI is InChI=1S/C20H21ClN4O3S2/c1-10-2-3-11(6-14(10)21)23-20(29)22-7-16-12-8-25(19(28)13(12)9-30-16)15-4-5-17(26)24-18(15)27/h2-3,6,9,15,20,22-23,29H,4-5,7-8H2,1H3,(H,24,26,27). The van der Waals surface area contributed by atoms with Gasteiger partial charge in [0.1, 0.15) is 11.5 Å². The van der Waals surface area contributed by atoms with Crippen LogP contribution in [0.3, 0.4) is 0 Å². The van der Waals surface area contributed by atoms with Gasteiger partial charge in [-0.25, -0.2) is 0 Å². The molecule has 2 aliphatic rings.